The fourth-order valence-corrected chi connectivity index (χ4v) is 2.81. The second-order valence-electron chi connectivity index (χ2n) is 6.22. The minimum Gasteiger partial charge on any atom is -0.480 e. The van der Waals surface area contributed by atoms with E-state index in [0.717, 1.165) is 0 Å². The molecule has 4 N–H and O–H groups in total. The molecular formula is C15H29N5O6. The number of nitrogens with one attached hydrogen (secondary N) is 1. The van der Waals surface area contributed by atoms with Gasteiger partial charge in [-0.25, -0.2) is 5.01 Å². The Morgan fingerprint density at radius 1 is 0.654 bits per heavy atom. The third-order valence-corrected chi connectivity index (χ3v) is 4.23. The number of hydrogen-bond acceptors (Lipinski definition) is 8. The zero-order chi connectivity index (χ0) is 19.5. The first-order valence-corrected chi connectivity index (χ1v) is 8.55. The van der Waals surface area contributed by atoms with E-state index >= 15 is 0 Å². The number of rotatable bonds is 7. The van der Waals surface area contributed by atoms with Crippen LogP contribution in [-0.4, -0.2) is 132 Å². The number of carboxylic acids is 3. The quantitative estimate of drug-likeness (QED) is 0.379. The summed E-state index contributed by atoms with van der Waals surface area (Å²) in [5, 5.41) is 29.1. The van der Waals surface area contributed by atoms with Crippen LogP contribution in [0.5, 0.6) is 0 Å². The Bertz CT molecular complexity index is 445. The highest BCUT2D eigenvalue weighted by Crippen LogP contribution is 2.00. The third kappa shape index (κ3) is 9.63. The van der Waals surface area contributed by atoms with Gasteiger partial charge in [0.05, 0.1) is 19.6 Å². The maximum absolute atomic E-state index is 11.1. The molecule has 1 saturated heterocycles. The average molecular weight is 375 g/mol. The standard InChI is InChI=1S/C15H29N5O6/c1-16-20-8-6-18(11-14(23)24)4-2-17(10-13(21)22)3-5-19(7-9-20)12-15(25)26/h16H,2-12H2,1H3,(H,21,22)(H,23,24)(H,25,26). The van der Waals surface area contributed by atoms with Crippen molar-refractivity contribution in [1.82, 2.24) is 25.1 Å². The van der Waals surface area contributed by atoms with Crippen LogP contribution < -0.4 is 5.43 Å². The van der Waals surface area contributed by atoms with E-state index in [9.17, 15) is 14.4 Å². The smallest absolute Gasteiger partial charge is 0.317 e. The Kier molecular flexibility index (Phi) is 10.1. The third-order valence-electron chi connectivity index (χ3n) is 4.23. The monoisotopic (exact) mass is 375 g/mol. The van der Waals surface area contributed by atoms with Crippen LogP contribution >= 0.6 is 0 Å². The first kappa shape index (κ1) is 22.3. The van der Waals surface area contributed by atoms with Gasteiger partial charge in [0, 0.05) is 52.4 Å². The SMILES string of the molecule is CNN1CCN(CC(=O)O)CCN(CC(=O)O)CCN(CC(=O)O)CC1. The molecule has 1 fully saturated rings. The number of aliphatic carboxylic acids is 3. The number of carboxylic acid groups (broad SMARTS) is 3. The second kappa shape index (κ2) is 11.8. The van der Waals surface area contributed by atoms with Gasteiger partial charge < -0.3 is 15.3 Å². The Morgan fingerprint density at radius 3 is 1.15 bits per heavy atom. The molecule has 26 heavy (non-hydrogen) atoms. The summed E-state index contributed by atoms with van der Waals surface area (Å²) >= 11 is 0. The lowest BCUT2D eigenvalue weighted by molar-refractivity contribution is -0.140. The molecule has 1 heterocycles. The molecule has 1 aliphatic rings. The van der Waals surface area contributed by atoms with Crippen molar-refractivity contribution in [2.45, 2.75) is 0 Å². The summed E-state index contributed by atoms with van der Waals surface area (Å²) in [6.07, 6.45) is 0. The van der Waals surface area contributed by atoms with Crippen molar-refractivity contribution in [3.63, 3.8) is 0 Å². The molecule has 0 radical (unpaired) electrons. The van der Waals surface area contributed by atoms with Gasteiger partial charge >= 0.3 is 17.9 Å². The van der Waals surface area contributed by atoms with Gasteiger partial charge in [0.2, 0.25) is 0 Å². The Hall–Kier alpha value is -1.79. The fraction of sp³-hybridized carbons (Fsp3) is 0.800. The summed E-state index contributed by atoms with van der Waals surface area (Å²) in [5.41, 5.74) is 3.04. The maximum atomic E-state index is 11.1. The van der Waals surface area contributed by atoms with E-state index < -0.39 is 17.9 Å². The summed E-state index contributed by atoms with van der Waals surface area (Å²) in [4.78, 5) is 38.4. The molecule has 0 unspecified atom stereocenters. The highest BCUT2D eigenvalue weighted by atomic mass is 16.4. The summed E-state index contributed by atoms with van der Waals surface area (Å²) in [6.45, 7) is 3.44. The van der Waals surface area contributed by atoms with Crippen LogP contribution in [0, 0.1) is 0 Å². The van der Waals surface area contributed by atoms with Gasteiger partial charge in [-0.05, 0) is 7.05 Å². The van der Waals surface area contributed by atoms with E-state index in [1.165, 1.54) is 0 Å². The number of hydrazine groups is 1. The average Bonchev–Trinajstić information content (AvgIpc) is 2.53. The van der Waals surface area contributed by atoms with Gasteiger partial charge in [-0.1, -0.05) is 0 Å². The molecule has 11 heteroatoms. The zero-order valence-corrected chi connectivity index (χ0v) is 15.1. The van der Waals surface area contributed by atoms with Crippen molar-refractivity contribution in [3.05, 3.63) is 0 Å². The van der Waals surface area contributed by atoms with Crippen molar-refractivity contribution < 1.29 is 29.7 Å². The summed E-state index contributed by atoms with van der Waals surface area (Å²) in [5.74, 6) is -2.82. The van der Waals surface area contributed by atoms with Crippen molar-refractivity contribution in [2.75, 3.05) is 79.0 Å². The number of carbonyl (C=O) groups is 3. The van der Waals surface area contributed by atoms with Crippen LogP contribution in [0.2, 0.25) is 0 Å². The number of nitrogens with zero attached hydrogens (tertiary/aromatic N) is 4. The van der Waals surface area contributed by atoms with Crippen LogP contribution in [0.25, 0.3) is 0 Å². The van der Waals surface area contributed by atoms with Crippen molar-refractivity contribution in [2.24, 2.45) is 0 Å². The second-order valence-corrected chi connectivity index (χ2v) is 6.22. The molecule has 0 spiro atoms. The van der Waals surface area contributed by atoms with Gasteiger partial charge in [0.25, 0.3) is 0 Å². The lowest BCUT2D eigenvalue weighted by atomic mass is 10.3. The largest absolute Gasteiger partial charge is 0.480 e. The summed E-state index contributed by atoms with van der Waals surface area (Å²) in [6, 6.07) is 0. The van der Waals surface area contributed by atoms with Crippen molar-refractivity contribution in [1.29, 1.82) is 0 Å². The molecule has 1 aliphatic heterocycles. The molecule has 0 aromatic heterocycles. The molecule has 0 saturated carbocycles. The highest BCUT2D eigenvalue weighted by Gasteiger charge is 2.19. The van der Waals surface area contributed by atoms with Crippen molar-refractivity contribution >= 4 is 17.9 Å². The van der Waals surface area contributed by atoms with Gasteiger partial charge in [-0.3, -0.25) is 34.5 Å². The van der Waals surface area contributed by atoms with E-state index in [0.29, 0.717) is 52.4 Å². The topological polar surface area (TPSA) is 137 Å². The summed E-state index contributed by atoms with van der Waals surface area (Å²) in [7, 11) is 1.77. The predicted molar refractivity (Wildman–Crippen MR) is 92.9 cm³/mol. The maximum Gasteiger partial charge on any atom is 0.317 e. The molecule has 0 amide bonds. The molecule has 0 atom stereocenters. The van der Waals surface area contributed by atoms with Crippen LogP contribution in [0.1, 0.15) is 0 Å². The minimum atomic E-state index is -0.965. The molecular weight excluding hydrogens is 346 g/mol. The van der Waals surface area contributed by atoms with Crippen LogP contribution in [0.3, 0.4) is 0 Å². The number of hydrogen-bond donors (Lipinski definition) is 4. The lowest BCUT2D eigenvalue weighted by Crippen LogP contribution is -2.50. The van der Waals surface area contributed by atoms with Crippen LogP contribution in [0.15, 0.2) is 0 Å². The Morgan fingerprint density at radius 2 is 0.923 bits per heavy atom. The van der Waals surface area contributed by atoms with Gasteiger partial charge in [0.15, 0.2) is 0 Å². The normalized spacial score (nSPS) is 20.2. The van der Waals surface area contributed by atoms with Crippen molar-refractivity contribution in [3.8, 4) is 0 Å². The molecule has 0 bridgehead atoms. The first-order chi connectivity index (χ1) is 12.3. The van der Waals surface area contributed by atoms with Crippen LogP contribution in [-0.2, 0) is 14.4 Å². The van der Waals surface area contributed by atoms with E-state index in [2.05, 4.69) is 5.43 Å². The van der Waals surface area contributed by atoms with E-state index in [1.54, 1.807) is 21.7 Å². The van der Waals surface area contributed by atoms with E-state index in [-0.39, 0.29) is 19.6 Å². The Balaban J connectivity index is 2.82. The highest BCUT2D eigenvalue weighted by molar-refractivity contribution is 5.69. The molecule has 150 valence electrons. The van der Waals surface area contributed by atoms with Gasteiger partial charge in [0.1, 0.15) is 0 Å². The minimum absolute atomic E-state index is 0.108. The molecule has 0 aromatic carbocycles. The first-order valence-electron chi connectivity index (χ1n) is 8.55. The molecule has 0 aromatic rings. The zero-order valence-electron chi connectivity index (χ0n) is 15.1. The van der Waals surface area contributed by atoms with Gasteiger partial charge in [-0.2, -0.15) is 0 Å². The molecule has 11 nitrogen and oxygen atoms in total. The van der Waals surface area contributed by atoms with Crippen LogP contribution in [0.4, 0.5) is 0 Å². The molecule has 1 rings (SSSR count). The summed E-state index contributed by atoms with van der Waals surface area (Å²) < 4.78 is 0. The van der Waals surface area contributed by atoms with E-state index in [4.69, 9.17) is 15.3 Å². The Labute approximate surface area is 152 Å². The lowest BCUT2D eigenvalue weighted by Gasteiger charge is -2.32. The van der Waals surface area contributed by atoms with Gasteiger partial charge in [-0.15, -0.1) is 0 Å². The predicted octanol–water partition coefficient (Wildman–Crippen LogP) is -2.40. The molecule has 0 aliphatic carbocycles. The van der Waals surface area contributed by atoms with E-state index in [1.807, 2.05) is 5.01 Å². The fourth-order valence-electron chi connectivity index (χ4n) is 2.81.